The highest BCUT2D eigenvalue weighted by Crippen LogP contribution is 2.19. The predicted octanol–water partition coefficient (Wildman–Crippen LogP) is 3.80. The molecule has 0 heterocycles. The Morgan fingerprint density at radius 3 is 2.22 bits per heavy atom. The second-order valence-electron chi connectivity index (χ2n) is 5.21. The van der Waals surface area contributed by atoms with Crippen molar-refractivity contribution in [3.05, 3.63) is 60.2 Å². The van der Waals surface area contributed by atoms with Crippen molar-refractivity contribution in [2.24, 2.45) is 0 Å². The predicted molar refractivity (Wildman–Crippen MR) is 96.8 cm³/mol. The van der Waals surface area contributed by atoms with Gasteiger partial charge in [-0.25, -0.2) is 0 Å². The molecule has 0 aliphatic heterocycles. The second kappa shape index (κ2) is 9.16. The third kappa shape index (κ3) is 5.57. The van der Waals surface area contributed by atoms with Gasteiger partial charge < -0.3 is 5.32 Å². The minimum atomic E-state index is -0.0101. The maximum atomic E-state index is 12.1. The van der Waals surface area contributed by atoms with E-state index in [4.69, 9.17) is 0 Å². The standard InChI is InChI=1S/C19H21NO2S/c1-2-12-20-19(22)14-23-13-18(21)17-10-8-16(9-11-17)15-6-4-3-5-7-15/h3-11H,2,12-14H2,1H3,(H,20,22). The number of carbonyl (C=O) groups is 2. The van der Waals surface area contributed by atoms with Crippen LogP contribution in [-0.4, -0.2) is 29.7 Å². The van der Waals surface area contributed by atoms with Crippen molar-refractivity contribution in [3.63, 3.8) is 0 Å². The average molecular weight is 327 g/mol. The molecule has 0 fully saturated rings. The molecule has 1 N–H and O–H groups in total. The lowest BCUT2D eigenvalue weighted by Crippen LogP contribution is -2.26. The summed E-state index contributed by atoms with van der Waals surface area (Å²) in [5.41, 5.74) is 2.91. The van der Waals surface area contributed by atoms with Crippen molar-refractivity contribution in [2.45, 2.75) is 13.3 Å². The summed E-state index contributed by atoms with van der Waals surface area (Å²) < 4.78 is 0. The summed E-state index contributed by atoms with van der Waals surface area (Å²) in [6, 6.07) is 17.7. The van der Waals surface area contributed by atoms with E-state index in [9.17, 15) is 9.59 Å². The first-order chi connectivity index (χ1) is 11.2. The molecular weight excluding hydrogens is 306 g/mol. The van der Waals surface area contributed by atoms with Gasteiger partial charge >= 0.3 is 0 Å². The van der Waals surface area contributed by atoms with E-state index in [-0.39, 0.29) is 11.7 Å². The summed E-state index contributed by atoms with van der Waals surface area (Å²) in [5, 5.41) is 2.80. The van der Waals surface area contributed by atoms with Gasteiger partial charge in [-0.2, -0.15) is 0 Å². The van der Waals surface area contributed by atoms with Crippen molar-refractivity contribution >= 4 is 23.5 Å². The van der Waals surface area contributed by atoms with Crippen molar-refractivity contribution in [1.29, 1.82) is 0 Å². The number of nitrogens with one attached hydrogen (secondary N) is 1. The molecule has 0 aliphatic rings. The summed E-state index contributed by atoms with van der Waals surface area (Å²) in [7, 11) is 0. The number of ketones is 1. The van der Waals surface area contributed by atoms with E-state index in [2.05, 4.69) is 5.32 Å². The first kappa shape index (κ1) is 17.3. The highest BCUT2D eigenvalue weighted by atomic mass is 32.2. The van der Waals surface area contributed by atoms with Gasteiger partial charge in [0.2, 0.25) is 5.91 Å². The van der Waals surface area contributed by atoms with E-state index in [1.165, 1.54) is 11.8 Å². The van der Waals surface area contributed by atoms with Gasteiger partial charge in [-0.1, -0.05) is 61.5 Å². The molecule has 0 aromatic heterocycles. The molecule has 0 atom stereocenters. The molecule has 0 spiro atoms. The second-order valence-corrected chi connectivity index (χ2v) is 6.19. The van der Waals surface area contributed by atoms with Gasteiger partial charge in [0, 0.05) is 12.1 Å². The number of amides is 1. The Morgan fingerprint density at radius 1 is 0.913 bits per heavy atom. The Bertz CT molecular complexity index is 638. The maximum Gasteiger partial charge on any atom is 0.230 e. The normalized spacial score (nSPS) is 10.3. The summed E-state index contributed by atoms with van der Waals surface area (Å²) in [6.07, 6.45) is 0.920. The minimum Gasteiger partial charge on any atom is -0.355 e. The molecule has 0 saturated heterocycles. The molecule has 2 aromatic rings. The van der Waals surface area contributed by atoms with Crippen LogP contribution in [0.4, 0.5) is 0 Å². The molecule has 0 aliphatic carbocycles. The third-order valence-corrected chi connectivity index (χ3v) is 4.29. The van der Waals surface area contributed by atoms with Gasteiger partial charge in [0.05, 0.1) is 11.5 Å². The van der Waals surface area contributed by atoms with E-state index in [0.717, 1.165) is 17.5 Å². The van der Waals surface area contributed by atoms with Crippen molar-refractivity contribution < 1.29 is 9.59 Å². The van der Waals surface area contributed by atoms with Crippen LogP contribution in [0.1, 0.15) is 23.7 Å². The van der Waals surface area contributed by atoms with E-state index in [0.29, 0.717) is 23.6 Å². The first-order valence-electron chi connectivity index (χ1n) is 7.74. The van der Waals surface area contributed by atoms with Crippen LogP contribution >= 0.6 is 11.8 Å². The first-order valence-corrected chi connectivity index (χ1v) is 8.89. The Morgan fingerprint density at radius 2 is 1.57 bits per heavy atom. The summed E-state index contributed by atoms with van der Waals surface area (Å²) in [4.78, 5) is 23.6. The van der Waals surface area contributed by atoms with Crippen LogP contribution in [0.15, 0.2) is 54.6 Å². The number of thioether (sulfide) groups is 1. The average Bonchev–Trinajstić information content (AvgIpc) is 2.60. The van der Waals surface area contributed by atoms with Crippen molar-refractivity contribution in [1.82, 2.24) is 5.32 Å². The number of hydrogen-bond acceptors (Lipinski definition) is 3. The fourth-order valence-electron chi connectivity index (χ4n) is 2.11. The van der Waals surface area contributed by atoms with Crippen molar-refractivity contribution in [3.8, 4) is 11.1 Å². The van der Waals surface area contributed by atoms with Gasteiger partial charge in [-0.15, -0.1) is 11.8 Å². The Kier molecular flexibility index (Phi) is 6.88. The van der Waals surface area contributed by atoms with Gasteiger partial charge in [0.25, 0.3) is 0 Å². The summed E-state index contributed by atoms with van der Waals surface area (Å²) >= 11 is 1.35. The van der Waals surface area contributed by atoms with Crippen LogP contribution in [0.5, 0.6) is 0 Å². The quantitative estimate of drug-likeness (QED) is 0.750. The number of rotatable bonds is 8. The van der Waals surface area contributed by atoms with Crippen LogP contribution in [0.25, 0.3) is 11.1 Å². The molecule has 120 valence electrons. The number of benzene rings is 2. The molecular formula is C19H21NO2S. The zero-order chi connectivity index (χ0) is 16.5. The van der Waals surface area contributed by atoms with Crippen LogP contribution in [-0.2, 0) is 4.79 Å². The number of Topliss-reactive ketones (excluding diaryl/α,β-unsaturated/α-hetero) is 1. The lowest BCUT2D eigenvalue weighted by atomic mass is 10.0. The molecule has 0 unspecified atom stereocenters. The van der Waals surface area contributed by atoms with E-state index >= 15 is 0 Å². The van der Waals surface area contributed by atoms with Crippen molar-refractivity contribution in [2.75, 3.05) is 18.1 Å². The Labute approximate surface area is 141 Å². The van der Waals surface area contributed by atoms with Gasteiger partial charge in [0.15, 0.2) is 5.78 Å². The fraction of sp³-hybridized carbons (Fsp3) is 0.263. The topological polar surface area (TPSA) is 46.2 Å². The third-order valence-electron chi connectivity index (χ3n) is 3.35. The van der Waals surface area contributed by atoms with Crippen LogP contribution in [0, 0.1) is 0 Å². The highest BCUT2D eigenvalue weighted by molar-refractivity contribution is 8.00. The maximum absolute atomic E-state index is 12.1. The lowest BCUT2D eigenvalue weighted by molar-refractivity contribution is -0.118. The molecule has 2 rings (SSSR count). The Hall–Kier alpha value is -2.07. The SMILES string of the molecule is CCCNC(=O)CSCC(=O)c1ccc(-c2ccccc2)cc1. The molecule has 0 bridgehead atoms. The van der Waals surface area contributed by atoms with Gasteiger partial charge in [0.1, 0.15) is 0 Å². The molecule has 4 heteroatoms. The summed E-state index contributed by atoms with van der Waals surface area (Å²) in [5.74, 6) is 0.694. The fourth-order valence-corrected chi connectivity index (χ4v) is 2.86. The van der Waals surface area contributed by atoms with Gasteiger partial charge in [-0.3, -0.25) is 9.59 Å². The lowest BCUT2D eigenvalue weighted by Gasteiger charge is -2.05. The largest absolute Gasteiger partial charge is 0.355 e. The zero-order valence-electron chi connectivity index (χ0n) is 13.2. The zero-order valence-corrected chi connectivity index (χ0v) is 14.1. The molecule has 0 radical (unpaired) electrons. The highest BCUT2D eigenvalue weighted by Gasteiger charge is 2.08. The van der Waals surface area contributed by atoms with E-state index in [1.54, 1.807) is 0 Å². The van der Waals surface area contributed by atoms with Crippen LogP contribution in [0.3, 0.4) is 0 Å². The number of carbonyl (C=O) groups excluding carboxylic acids is 2. The molecule has 0 saturated carbocycles. The Balaban J connectivity index is 1.85. The van der Waals surface area contributed by atoms with Crippen LogP contribution < -0.4 is 5.32 Å². The molecule has 1 amide bonds. The smallest absolute Gasteiger partial charge is 0.230 e. The molecule has 23 heavy (non-hydrogen) atoms. The van der Waals surface area contributed by atoms with Crippen LogP contribution in [0.2, 0.25) is 0 Å². The molecule has 3 nitrogen and oxygen atoms in total. The summed E-state index contributed by atoms with van der Waals surface area (Å²) in [6.45, 7) is 2.70. The number of hydrogen-bond donors (Lipinski definition) is 1. The minimum absolute atomic E-state index is 0.0101. The van der Waals surface area contributed by atoms with E-state index < -0.39 is 0 Å². The monoisotopic (exact) mass is 327 g/mol. The van der Waals surface area contributed by atoms with E-state index in [1.807, 2.05) is 61.5 Å². The van der Waals surface area contributed by atoms with Gasteiger partial charge in [-0.05, 0) is 17.5 Å². The molecule has 2 aromatic carbocycles.